The Hall–Kier alpha value is -3.03. The number of amides is 1. The predicted molar refractivity (Wildman–Crippen MR) is 94.0 cm³/mol. The summed E-state index contributed by atoms with van der Waals surface area (Å²) in [6, 6.07) is 3.75. The fourth-order valence-electron chi connectivity index (χ4n) is 2.70. The topological polar surface area (TPSA) is 98.7 Å². The van der Waals surface area contributed by atoms with Crippen molar-refractivity contribution < 1.29 is 9.32 Å². The predicted octanol–water partition coefficient (Wildman–Crippen LogP) is 2.64. The van der Waals surface area contributed by atoms with E-state index in [4.69, 9.17) is 4.52 Å². The van der Waals surface area contributed by atoms with E-state index in [-0.39, 0.29) is 11.9 Å². The minimum Gasteiger partial charge on any atom is -0.350 e. The number of hydrogen-bond donors (Lipinski definition) is 1. The summed E-state index contributed by atoms with van der Waals surface area (Å²) < 4.78 is 6.96. The van der Waals surface area contributed by atoms with Gasteiger partial charge in [-0.25, -0.2) is 9.67 Å². The Morgan fingerprint density at radius 2 is 2.12 bits per heavy atom. The van der Waals surface area contributed by atoms with Gasteiger partial charge < -0.3 is 9.84 Å². The van der Waals surface area contributed by atoms with Crippen LogP contribution in [0.3, 0.4) is 0 Å². The van der Waals surface area contributed by atoms with Gasteiger partial charge in [0.15, 0.2) is 11.6 Å². The second kappa shape index (κ2) is 6.36. The molecular weight excluding hydrogens is 332 g/mol. The van der Waals surface area contributed by atoms with E-state index in [0.717, 1.165) is 29.9 Å². The Balaban J connectivity index is 1.56. The lowest BCUT2D eigenvalue weighted by atomic mass is 10.2. The van der Waals surface area contributed by atoms with E-state index in [2.05, 4.69) is 25.5 Å². The van der Waals surface area contributed by atoms with Crippen molar-refractivity contribution in [3.63, 3.8) is 0 Å². The van der Waals surface area contributed by atoms with Crippen LogP contribution in [0.5, 0.6) is 0 Å². The maximum absolute atomic E-state index is 12.2. The third-order valence-electron chi connectivity index (χ3n) is 4.27. The number of pyridine rings is 1. The fraction of sp³-hybridized carbons (Fsp3) is 0.389. The van der Waals surface area contributed by atoms with Crippen LogP contribution in [-0.4, -0.2) is 36.9 Å². The van der Waals surface area contributed by atoms with Crippen molar-refractivity contribution in [1.29, 1.82) is 0 Å². The maximum atomic E-state index is 12.2. The van der Waals surface area contributed by atoms with Gasteiger partial charge in [-0.3, -0.25) is 4.79 Å². The van der Waals surface area contributed by atoms with Crippen molar-refractivity contribution in [3.8, 4) is 17.3 Å². The standard InChI is InChI=1S/C18H20N6O2/c1-10(2)21-17(25)14-9-20-24(11(14)3)15-7-6-13(8-19-15)18-22-16(23-26-18)12-4-5-12/h6-10,12H,4-5H2,1-3H3,(H,21,25). The van der Waals surface area contributed by atoms with Crippen molar-refractivity contribution in [2.24, 2.45) is 0 Å². The van der Waals surface area contributed by atoms with E-state index in [1.54, 1.807) is 17.1 Å². The van der Waals surface area contributed by atoms with E-state index >= 15 is 0 Å². The van der Waals surface area contributed by atoms with E-state index in [1.165, 1.54) is 0 Å². The highest BCUT2D eigenvalue weighted by Crippen LogP contribution is 2.38. The van der Waals surface area contributed by atoms with E-state index in [9.17, 15) is 4.79 Å². The van der Waals surface area contributed by atoms with Crippen LogP contribution in [0.4, 0.5) is 0 Å². The second-order valence-electron chi connectivity index (χ2n) is 6.82. The molecule has 1 aliphatic rings. The second-order valence-corrected chi connectivity index (χ2v) is 6.82. The average Bonchev–Trinajstić information content (AvgIpc) is 3.21. The smallest absolute Gasteiger partial charge is 0.259 e. The molecule has 3 heterocycles. The third kappa shape index (κ3) is 3.10. The number of carbonyl (C=O) groups is 1. The molecule has 1 aliphatic carbocycles. The Bertz CT molecular complexity index is 937. The molecule has 1 amide bonds. The molecule has 0 radical (unpaired) electrons. The van der Waals surface area contributed by atoms with Gasteiger partial charge in [0.05, 0.1) is 23.0 Å². The molecule has 3 aromatic heterocycles. The molecule has 8 nitrogen and oxygen atoms in total. The molecule has 4 rings (SSSR count). The first-order chi connectivity index (χ1) is 12.5. The molecule has 0 unspecified atom stereocenters. The normalized spacial score (nSPS) is 14.0. The molecular formula is C18H20N6O2. The molecule has 1 saturated carbocycles. The number of nitrogens with zero attached hydrogens (tertiary/aromatic N) is 5. The van der Waals surface area contributed by atoms with Crippen LogP contribution in [0.15, 0.2) is 29.0 Å². The van der Waals surface area contributed by atoms with Crippen LogP contribution in [0.1, 0.15) is 54.5 Å². The number of rotatable bonds is 5. The van der Waals surface area contributed by atoms with E-state index in [0.29, 0.717) is 23.2 Å². The maximum Gasteiger partial charge on any atom is 0.259 e. The zero-order valence-corrected chi connectivity index (χ0v) is 14.9. The van der Waals surface area contributed by atoms with E-state index in [1.807, 2.05) is 32.9 Å². The highest BCUT2D eigenvalue weighted by Gasteiger charge is 2.29. The summed E-state index contributed by atoms with van der Waals surface area (Å²) in [7, 11) is 0. The van der Waals surface area contributed by atoms with Crippen molar-refractivity contribution in [2.45, 2.75) is 45.6 Å². The van der Waals surface area contributed by atoms with Gasteiger partial charge in [0.25, 0.3) is 11.8 Å². The molecule has 0 bridgehead atoms. The first-order valence-corrected chi connectivity index (χ1v) is 8.69. The number of aromatic nitrogens is 5. The summed E-state index contributed by atoms with van der Waals surface area (Å²) in [5, 5.41) is 11.2. The van der Waals surface area contributed by atoms with Gasteiger partial charge in [-0.1, -0.05) is 5.16 Å². The van der Waals surface area contributed by atoms with Gasteiger partial charge in [-0.15, -0.1) is 0 Å². The Morgan fingerprint density at radius 3 is 2.77 bits per heavy atom. The minimum atomic E-state index is -0.140. The molecule has 134 valence electrons. The summed E-state index contributed by atoms with van der Waals surface area (Å²) in [4.78, 5) is 21.1. The van der Waals surface area contributed by atoms with Gasteiger partial charge in [-0.2, -0.15) is 10.1 Å². The highest BCUT2D eigenvalue weighted by atomic mass is 16.5. The fourth-order valence-corrected chi connectivity index (χ4v) is 2.70. The summed E-state index contributed by atoms with van der Waals surface area (Å²) in [5.74, 6) is 2.17. The van der Waals surface area contributed by atoms with Crippen molar-refractivity contribution in [3.05, 3.63) is 41.6 Å². The van der Waals surface area contributed by atoms with Gasteiger partial charge in [-0.05, 0) is 45.7 Å². The Labute approximate surface area is 150 Å². The molecule has 26 heavy (non-hydrogen) atoms. The third-order valence-corrected chi connectivity index (χ3v) is 4.27. The van der Waals surface area contributed by atoms with Gasteiger partial charge in [0.2, 0.25) is 0 Å². The first-order valence-electron chi connectivity index (χ1n) is 8.69. The number of carbonyl (C=O) groups excluding carboxylic acids is 1. The molecule has 0 saturated heterocycles. The molecule has 0 spiro atoms. The average molecular weight is 352 g/mol. The molecule has 8 heteroatoms. The molecule has 0 aliphatic heterocycles. The molecule has 1 fully saturated rings. The molecule has 3 aromatic rings. The monoisotopic (exact) mass is 352 g/mol. The molecule has 0 atom stereocenters. The summed E-state index contributed by atoms with van der Waals surface area (Å²) in [5.41, 5.74) is 2.03. The van der Waals surface area contributed by atoms with E-state index < -0.39 is 0 Å². The van der Waals surface area contributed by atoms with Crippen LogP contribution < -0.4 is 5.32 Å². The lowest BCUT2D eigenvalue weighted by Gasteiger charge is -2.08. The first kappa shape index (κ1) is 16.4. The Morgan fingerprint density at radius 1 is 1.31 bits per heavy atom. The zero-order valence-electron chi connectivity index (χ0n) is 14.9. The van der Waals surface area contributed by atoms with Gasteiger partial charge in [0, 0.05) is 18.2 Å². The van der Waals surface area contributed by atoms with Crippen molar-refractivity contribution >= 4 is 5.91 Å². The van der Waals surface area contributed by atoms with Crippen molar-refractivity contribution in [1.82, 2.24) is 30.2 Å². The highest BCUT2D eigenvalue weighted by molar-refractivity contribution is 5.95. The number of nitrogens with one attached hydrogen (secondary N) is 1. The summed E-state index contributed by atoms with van der Waals surface area (Å²) >= 11 is 0. The lowest BCUT2D eigenvalue weighted by molar-refractivity contribution is 0.0942. The van der Waals surface area contributed by atoms with Crippen LogP contribution in [-0.2, 0) is 0 Å². The largest absolute Gasteiger partial charge is 0.350 e. The molecule has 0 aromatic carbocycles. The van der Waals surface area contributed by atoms with Crippen LogP contribution in [0.2, 0.25) is 0 Å². The van der Waals surface area contributed by atoms with Gasteiger partial charge in [0.1, 0.15) is 0 Å². The Kier molecular flexibility index (Phi) is 4.02. The number of hydrogen-bond acceptors (Lipinski definition) is 6. The van der Waals surface area contributed by atoms with Crippen LogP contribution in [0.25, 0.3) is 17.3 Å². The van der Waals surface area contributed by atoms with Crippen LogP contribution >= 0.6 is 0 Å². The van der Waals surface area contributed by atoms with Crippen molar-refractivity contribution in [2.75, 3.05) is 0 Å². The molecule has 1 N–H and O–H groups in total. The van der Waals surface area contributed by atoms with Gasteiger partial charge >= 0.3 is 0 Å². The summed E-state index contributed by atoms with van der Waals surface area (Å²) in [6.45, 7) is 5.69. The minimum absolute atomic E-state index is 0.0672. The lowest BCUT2D eigenvalue weighted by Crippen LogP contribution is -2.30. The van der Waals surface area contributed by atoms with Crippen LogP contribution in [0, 0.1) is 6.92 Å². The summed E-state index contributed by atoms with van der Waals surface area (Å²) in [6.07, 6.45) is 5.49. The quantitative estimate of drug-likeness (QED) is 0.758. The zero-order chi connectivity index (χ0) is 18.3. The SMILES string of the molecule is Cc1c(C(=O)NC(C)C)cnn1-c1ccc(-c2nc(C3CC3)no2)cn1.